The van der Waals surface area contributed by atoms with Gasteiger partial charge in [-0.1, -0.05) is 6.92 Å². The summed E-state index contributed by atoms with van der Waals surface area (Å²) >= 11 is 0. The van der Waals surface area contributed by atoms with Gasteiger partial charge in [-0.2, -0.15) is 0 Å². The monoisotopic (exact) mass is 199 g/mol. The van der Waals surface area contributed by atoms with Crippen LogP contribution in [0.4, 0.5) is 4.79 Å². The summed E-state index contributed by atoms with van der Waals surface area (Å²) in [5, 5.41) is 7.99. The number of urea groups is 1. The van der Waals surface area contributed by atoms with Crippen LogP contribution < -0.4 is 16.0 Å². The highest BCUT2D eigenvalue weighted by Crippen LogP contribution is 2.04. The Morgan fingerprint density at radius 2 is 2.14 bits per heavy atom. The lowest BCUT2D eigenvalue weighted by molar-refractivity contribution is -0.120. The minimum atomic E-state index is -0.369. The van der Waals surface area contributed by atoms with Gasteiger partial charge < -0.3 is 10.6 Å². The van der Waals surface area contributed by atoms with Gasteiger partial charge in [0.25, 0.3) is 5.91 Å². The van der Waals surface area contributed by atoms with Crippen LogP contribution in [0, 0.1) is 0 Å². The zero-order valence-corrected chi connectivity index (χ0v) is 8.43. The van der Waals surface area contributed by atoms with Crippen molar-refractivity contribution in [3.05, 3.63) is 0 Å². The third-order valence-corrected chi connectivity index (χ3v) is 2.20. The maximum atomic E-state index is 11.1. The zero-order valence-electron chi connectivity index (χ0n) is 8.43. The van der Waals surface area contributed by atoms with Gasteiger partial charge in [0.05, 0.1) is 0 Å². The van der Waals surface area contributed by atoms with Crippen molar-refractivity contribution >= 4 is 11.9 Å². The number of hydrogen-bond donors (Lipinski definition) is 3. The maximum Gasteiger partial charge on any atom is 0.322 e. The Balaban J connectivity index is 2.07. The van der Waals surface area contributed by atoms with Crippen LogP contribution in [-0.2, 0) is 4.79 Å². The van der Waals surface area contributed by atoms with E-state index in [0.29, 0.717) is 0 Å². The normalized spacial score (nSPS) is 20.8. The Labute approximate surface area is 83.6 Å². The molecule has 3 amide bonds. The highest BCUT2D eigenvalue weighted by atomic mass is 16.2. The van der Waals surface area contributed by atoms with Crippen LogP contribution in [0.1, 0.15) is 26.2 Å². The molecule has 5 heteroatoms. The molecular weight excluding hydrogens is 182 g/mol. The van der Waals surface area contributed by atoms with E-state index in [1.807, 2.05) is 0 Å². The molecule has 3 N–H and O–H groups in total. The minimum Gasteiger partial charge on any atom is -0.326 e. The quantitative estimate of drug-likeness (QED) is 0.416. The first kappa shape index (κ1) is 11.0. The first-order chi connectivity index (χ1) is 6.74. The van der Waals surface area contributed by atoms with Crippen molar-refractivity contribution in [1.82, 2.24) is 16.0 Å². The van der Waals surface area contributed by atoms with Crippen LogP contribution in [-0.4, -0.2) is 31.1 Å². The summed E-state index contributed by atoms with van der Waals surface area (Å²) in [4.78, 5) is 21.8. The van der Waals surface area contributed by atoms with E-state index in [2.05, 4.69) is 22.9 Å². The molecule has 1 unspecified atom stereocenters. The van der Waals surface area contributed by atoms with Crippen molar-refractivity contribution in [3.8, 4) is 0 Å². The molecule has 1 fully saturated rings. The number of nitrogens with one attached hydrogen (secondary N) is 3. The van der Waals surface area contributed by atoms with Crippen LogP contribution in [0.15, 0.2) is 0 Å². The second-order valence-electron chi connectivity index (χ2n) is 3.36. The van der Waals surface area contributed by atoms with E-state index in [-0.39, 0.29) is 18.0 Å². The Kier molecular flexibility index (Phi) is 4.39. The molecule has 1 heterocycles. The van der Waals surface area contributed by atoms with Crippen LogP contribution in [0.25, 0.3) is 0 Å². The molecule has 80 valence electrons. The molecule has 0 bridgehead atoms. The molecule has 0 spiro atoms. The lowest BCUT2D eigenvalue weighted by Crippen LogP contribution is -2.28. The molecule has 0 saturated carbocycles. The maximum absolute atomic E-state index is 11.1. The number of carbonyl (C=O) groups is 2. The standard InChI is InChI=1S/C9H17N3O2/c1-2-10-6-4-3-5-7-8(13)12-9(14)11-7/h7,10H,2-6H2,1H3,(H2,11,12,13,14). The zero-order chi connectivity index (χ0) is 10.4. The van der Waals surface area contributed by atoms with E-state index >= 15 is 0 Å². The molecular formula is C9H17N3O2. The van der Waals surface area contributed by atoms with Gasteiger partial charge in [-0.05, 0) is 32.4 Å². The van der Waals surface area contributed by atoms with Crippen molar-refractivity contribution < 1.29 is 9.59 Å². The molecule has 1 atom stereocenters. The van der Waals surface area contributed by atoms with Crippen molar-refractivity contribution in [1.29, 1.82) is 0 Å². The number of rotatable bonds is 6. The number of imide groups is 1. The van der Waals surface area contributed by atoms with Gasteiger partial charge in [-0.25, -0.2) is 4.79 Å². The predicted octanol–water partition coefficient (Wildman–Crippen LogP) is -0.0258. The fourth-order valence-corrected chi connectivity index (χ4v) is 1.44. The molecule has 1 aliphatic rings. The largest absolute Gasteiger partial charge is 0.326 e. The fraction of sp³-hybridized carbons (Fsp3) is 0.778. The number of unbranched alkanes of at least 4 members (excludes halogenated alkanes) is 1. The predicted molar refractivity (Wildman–Crippen MR) is 52.9 cm³/mol. The second kappa shape index (κ2) is 5.59. The van der Waals surface area contributed by atoms with Crippen molar-refractivity contribution in [3.63, 3.8) is 0 Å². The topological polar surface area (TPSA) is 70.2 Å². The first-order valence-corrected chi connectivity index (χ1v) is 5.06. The minimum absolute atomic E-state index is 0.196. The Hall–Kier alpha value is -1.10. The first-order valence-electron chi connectivity index (χ1n) is 5.06. The number of hydrogen-bond acceptors (Lipinski definition) is 3. The average Bonchev–Trinajstić information content (AvgIpc) is 2.45. The summed E-state index contributed by atoms with van der Waals surface area (Å²) in [6.45, 7) is 4.00. The Morgan fingerprint density at radius 3 is 2.71 bits per heavy atom. The van der Waals surface area contributed by atoms with E-state index in [4.69, 9.17) is 0 Å². The summed E-state index contributed by atoms with van der Waals surface area (Å²) in [6, 6.07) is -0.684. The fourth-order valence-electron chi connectivity index (χ4n) is 1.44. The molecule has 0 aromatic carbocycles. The summed E-state index contributed by atoms with van der Waals surface area (Å²) < 4.78 is 0. The molecule has 1 saturated heterocycles. The van der Waals surface area contributed by atoms with Crippen LogP contribution >= 0.6 is 0 Å². The molecule has 0 aromatic rings. The van der Waals surface area contributed by atoms with E-state index in [0.717, 1.165) is 32.4 Å². The third kappa shape index (κ3) is 3.33. The molecule has 5 nitrogen and oxygen atoms in total. The molecule has 14 heavy (non-hydrogen) atoms. The lowest BCUT2D eigenvalue weighted by Gasteiger charge is -2.06. The molecule has 1 rings (SSSR count). The van der Waals surface area contributed by atoms with E-state index in [1.54, 1.807) is 0 Å². The van der Waals surface area contributed by atoms with Crippen LogP contribution in [0.3, 0.4) is 0 Å². The molecule has 0 radical (unpaired) electrons. The third-order valence-electron chi connectivity index (χ3n) is 2.20. The Morgan fingerprint density at radius 1 is 1.36 bits per heavy atom. The van der Waals surface area contributed by atoms with Gasteiger partial charge in [0.2, 0.25) is 0 Å². The summed E-state index contributed by atoms with van der Waals surface area (Å²) in [7, 11) is 0. The molecule has 0 aliphatic carbocycles. The van der Waals surface area contributed by atoms with Crippen LogP contribution in [0.2, 0.25) is 0 Å². The second-order valence-corrected chi connectivity index (χ2v) is 3.36. The van der Waals surface area contributed by atoms with Gasteiger partial charge in [0.15, 0.2) is 0 Å². The van der Waals surface area contributed by atoms with Crippen molar-refractivity contribution in [2.75, 3.05) is 13.1 Å². The van der Waals surface area contributed by atoms with Gasteiger partial charge in [-0.15, -0.1) is 0 Å². The highest BCUT2D eigenvalue weighted by Gasteiger charge is 2.28. The smallest absolute Gasteiger partial charge is 0.322 e. The van der Waals surface area contributed by atoms with Gasteiger partial charge in [0.1, 0.15) is 6.04 Å². The summed E-state index contributed by atoms with van der Waals surface area (Å²) in [5.74, 6) is -0.196. The SMILES string of the molecule is CCNCCCCC1NC(=O)NC1=O. The van der Waals surface area contributed by atoms with Crippen LogP contribution in [0.5, 0.6) is 0 Å². The van der Waals surface area contributed by atoms with Crippen molar-refractivity contribution in [2.45, 2.75) is 32.2 Å². The molecule has 0 aromatic heterocycles. The molecule has 1 aliphatic heterocycles. The number of carbonyl (C=O) groups excluding carboxylic acids is 2. The summed E-state index contributed by atoms with van der Waals surface area (Å²) in [5.41, 5.74) is 0. The summed E-state index contributed by atoms with van der Waals surface area (Å²) in [6.07, 6.45) is 2.71. The Bertz CT molecular complexity index is 218. The highest BCUT2D eigenvalue weighted by molar-refractivity contribution is 6.04. The number of amides is 3. The lowest BCUT2D eigenvalue weighted by atomic mass is 10.1. The van der Waals surface area contributed by atoms with Crippen molar-refractivity contribution in [2.24, 2.45) is 0 Å². The van der Waals surface area contributed by atoms with Gasteiger partial charge in [-0.3, -0.25) is 10.1 Å². The van der Waals surface area contributed by atoms with Gasteiger partial charge in [0, 0.05) is 0 Å². The van der Waals surface area contributed by atoms with E-state index < -0.39 is 0 Å². The average molecular weight is 199 g/mol. The van der Waals surface area contributed by atoms with Gasteiger partial charge >= 0.3 is 6.03 Å². The van der Waals surface area contributed by atoms with E-state index in [1.165, 1.54) is 0 Å². The van der Waals surface area contributed by atoms with E-state index in [9.17, 15) is 9.59 Å².